The summed E-state index contributed by atoms with van der Waals surface area (Å²) in [5.41, 5.74) is 2.40. The lowest BCUT2D eigenvalue weighted by Gasteiger charge is -2.04. The molecule has 0 radical (unpaired) electrons. The van der Waals surface area contributed by atoms with E-state index in [1.807, 2.05) is 36.4 Å². The van der Waals surface area contributed by atoms with Crippen LogP contribution in [0, 0.1) is 0 Å². The first-order chi connectivity index (χ1) is 12.3. The minimum atomic E-state index is 0.710. The largest absolute Gasteiger partial charge is 0.497 e. The number of ether oxygens (including phenoxy) is 2. The fourth-order valence-electron chi connectivity index (χ4n) is 2.13. The molecular weight excluding hydrogens is 354 g/mol. The Kier molecular flexibility index (Phi) is 6.14. The van der Waals surface area contributed by atoms with E-state index in [0.717, 1.165) is 26.7 Å². The average Bonchev–Trinajstić information content (AvgIpc) is 3.13. The van der Waals surface area contributed by atoms with Gasteiger partial charge in [-0.2, -0.15) is 0 Å². The van der Waals surface area contributed by atoms with E-state index < -0.39 is 0 Å². The Balaban J connectivity index is 1.49. The number of thioether (sulfide) groups is 1. The molecule has 0 bridgehead atoms. The number of methoxy groups -OCH3 is 2. The van der Waals surface area contributed by atoms with Crippen molar-refractivity contribution in [3.63, 3.8) is 0 Å². The highest BCUT2D eigenvalue weighted by Crippen LogP contribution is 2.29. The van der Waals surface area contributed by atoms with Crippen molar-refractivity contribution in [1.82, 2.24) is 10.2 Å². The molecule has 7 heteroatoms. The number of anilines is 1. The van der Waals surface area contributed by atoms with E-state index in [2.05, 4.69) is 27.6 Å². The summed E-state index contributed by atoms with van der Waals surface area (Å²) in [5, 5.41) is 12.6. The minimum Gasteiger partial charge on any atom is -0.497 e. The average molecular weight is 374 g/mol. The molecule has 0 atom stereocenters. The van der Waals surface area contributed by atoms with Gasteiger partial charge in [0.15, 0.2) is 4.34 Å². The van der Waals surface area contributed by atoms with E-state index in [9.17, 15) is 0 Å². The monoisotopic (exact) mass is 373 g/mol. The molecule has 2 aromatic carbocycles. The minimum absolute atomic E-state index is 0.710. The Morgan fingerprint density at radius 3 is 2.08 bits per heavy atom. The Bertz CT molecular complexity index is 723. The molecule has 0 saturated carbocycles. The normalized spacial score (nSPS) is 10.5. The van der Waals surface area contributed by atoms with Gasteiger partial charge in [0.25, 0.3) is 0 Å². The number of aromatic nitrogens is 2. The molecule has 25 heavy (non-hydrogen) atoms. The zero-order chi connectivity index (χ0) is 17.5. The van der Waals surface area contributed by atoms with Crippen LogP contribution >= 0.6 is 23.1 Å². The quantitative estimate of drug-likeness (QED) is 0.588. The Morgan fingerprint density at radius 1 is 0.880 bits per heavy atom. The molecule has 1 N–H and O–H groups in total. The summed E-state index contributed by atoms with van der Waals surface area (Å²) in [7, 11) is 3.34. The van der Waals surface area contributed by atoms with Gasteiger partial charge in [-0.3, -0.25) is 0 Å². The van der Waals surface area contributed by atoms with Crippen molar-refractivity contribution in [2.24, 2.45) is 0 Å². The molecule has 0 aliphatic heterocycles. The summed E-state index contributed by atoms with van der Waals surface area (Å²) >= 11 is 3.25. The summed E-state index contributed by atoms with van der Waals surface area (Å²) in [6.07, 6.45) is 0. The van der Waals surface area contributed by atoms with Crippen LogP contribution in [0.25, 0.3) is 0 Å². The highest BCUT2D eigenvalue weighted by Gasteiger charge is 2.05. The summed E-state index contributed by atoms with van der Waals surface area (Å²) in [6, 6.07) is 16.0. The van der Waals surface area contributed by atoms with E-state index in [-0.39, 0.29) is 0 Å². The molecule has 0 amide bonds. The van der Waals surface area contributed by atoms with Gasteiger partial charge in [0.1, 0.15) is 11.5 Å². The molecular formula is C18H19N3O2S2. The van der Waals surface area contributed by atoms with Gasteiger partial charge in [0.05, 0.1) is 14.2 Å². The fraction of sp³-hybridized carbons (Fsp3) is 0.222. The molecule has 1 aromatic heterocycles. The van der Waals surface area contributed by atoms with E-state index in [4.69, 9.17) is 9.47 Å². The summed E-state index contributed by atoms with van der Waals surface area (Å²) in [6.45, 7) is 0.710. The van der Waals surface area contributed by atoms with Crippen molar-refractivity contribution in [3.8, 4) is 11.5 Å². The Morgan fingerprint density at radius 2 is 1.48 bits per heavy atom. The van der Waals surface area contributed by atoms with Gasteiger partial charge >= 0.3 is 0 Å². The number of nitrogens with zero attached hydrogens (tertiary/aromatic N) is 2. The van der Waals surface area contributed by atoms with Crippen LogP contribution in [0.3, 0.4) is 0 Å². The van der Waals surface area contributed by atoms with Crippen LogP contribution in [0.15, 0.2) is 52.9 Å². The van der Waals surface area contributed by atoms with Crippen LogP contribution in [0.4, 0.5) is 5.13 Å². The molecule has 0 unspecified atom stereocenters. The van der Waals surface area contributed by atoms with Crippen LogP contribution in [-0.2, 0) is 12.3 Å². The third kappa shape index (κ3) is 5.11. The molecule has 0 fully saturated rings. The standard InChI is InChI=1S/C18H19N3O2S2/c1-22-15-7-3-13(4-8-15)11-19-17-20-21-18(25-17)24-12-14-5-9-16(23-2)10-6-14/h3-10H,11-12H2,1-2H3,(H,19,20). The van der Waals surface area contributed by atoms with Crippen LogP contribution in [0.5, 0.6) is 11.5 Å². The maximum Gasteiger partial charge on any atom is 0.206 e. The number of hydrogen-bond donors (Lipinski definition) is 1. The molecule has 5 nitrogen and oxygen atoms in total. The van der Waals surface area contributed by atoms with Crippen molar-refractivity contribution in [2.75, 3.05) is 19.5 Å². The predicted octanol–water partition coefficient (Wildman–Crippen LogP) is 4.46. The number of rotatable bonds is 8. The lowest BCUT2D eigenvalue weighted by Crippen LogP contribution is -1.98. The zero-order valence-electron chi connectivity index (χ0n) is 14.1. The van der Waals surface area contributed by atoms with E-state index >= 15 is 0 Å². The van der Waals surface area contributed by atoms with E-state index in [1.165, 1.54) is 11.1 Å². The van der Waals surface area contributed by atoms with Crippen molar-refractivity contribution < 1.29 is 9.47 Å². The topological polar surface area (TPSA) is 56.3 Å². The lowest BCUT2D eigenvalue weighted by molar-refractivity contribution is 0.414. The highest BCUT2D eigenvalue weighted by atomic mass is 32.2. The van der Waals surface area contributed by atoms with Gasteiger partial charge in [-0.25, -0.2) is 0 Å². The van der Waals surface area contributed by atoms with Gasteiger partial charge in [-0.1, -0.05) is 47.4 Å². The van der Waals surface area contributed by atoms with E-state index in [0.29, 0.717) is 6.54 Å². The van der Waals surface area contributed by atoms with Crippen LogP contribution in [0.1, 0.15) is 11.1 Å². The van der Waals surface area contributed by atoms with E-state index in [1.54, 1.807) is 37.3 Å². The number of benzene rings is 2. The van der Waals surface area contributed by atoms with Crippen LogP contribution < -0.4 is 14.8 Å². The van der Waals surface area contributed by atoms with Gasteiger partial charge in [-0.05, 0) is 35.4 Å². The summed E-state index contributed by atoms with van der Waals surface area (Å²) < 4.78 is 11.3. The molecule has 0 aliphatic rings. The zero-order valence-corrected chi connectivity index (χ0v) is 15.7. The smallest absolute Gasteiger partial charge is 0.206 e. The second-order valence-electron chi connectivity index (χ2n) is 5.21. The second-order valence-corrected chi connectivity index (χ2v) is 7.41. The molecule has 3 rings (SSSR count). The van der Waals surface area contributed by atoms with Gasteiger partial charge in [0, 0.05) is 12.3 Å². The van der Waals surface area contributed by atoms with Gasteiger partial charge < -0.3 is 14.8 Å². The first-order valence-corrected chi connectivity index (χ1v) is 9.53. The van der Waals surface area contributed by atoms with Crippen molar-refractivity contribution in [3.05, 3.63) is 59.7 Å². The van der Waals surface area contributed by atoms with Gasteiger partial charge in [-0.15, -0.1) is 10.2 Å². The van der Waals surface area contributed by atoms with Crippen LogP contribution in [-0.4, -0.2) is 24.4 Å². The highest BCUT2D eigenvalue weighted by molar-refractivity contribution is 8.00. The second kappa shape index (κ2) is 8.73. The molecule has 3 aromatic rings. The first kappa shape index (κ1) is 17.6. The predicted molar refractivity (Wildman–Crippen MR) is 103 cm³/mol. The lowest BCUT2D eigenvalue weighted by atomic mass is 10.2. The Hall–Kier alpha value is -2.25. The van der Waals surface area contributed by atoms with Crippen molar-refractivity contribution >= 4 is 28.2 Å². The molecule has 0 saturated heterocycles. The first-order valence-electron chi connectivity index (χ1n) is 7.73. The third-order valence-electron chi connectivity index (χ3n) is 3.53. The third-order valence-corrected chi connectivity index (χ3v) is 5.62. The number of hydrogen-bond acceptors (Lipinski definition) is 7. The molecule has 1 heterocycles. The fourth-order valence-corrected chi connectivity index (χ4v) is 3.83. The number of nitrogens with one attached hydrogen (secondary N) is 1. The van der Waals surface area contributed by atoms with Gasteiger partial charge in [0.2, 0.25) is 5.13 Å². The Labute approximate surface area is 155 Å². The van der Waals surface area contributed by atoms with Crippen molar-refractivity contribution in [2.45, 2.75) is 16.6 Å². The SMILES string of the molecule is COc1ccc(CNc2nnc(SCc3ccc(OC)cc3)s2)cc1. The molecule has 130 valence electrons. The summed E-state index contributed by atoms with van der Waals surface area (Å²) in [5.74, 6) is 2.59. The maximum atomic E-state index is 5.17. The summed E-state index contributed by atoms with van der Waals surface area (Å²) in [4.78, 5) is 0. The van der Waals surface area contributed by atoms with Crippen molar-refractivity contribution in [1.29, 1.82) is 0 Å². The van der Waals surface area contributed by atoms with Crippen LogP contribution in [0.2, 0.25) is 0 Å². The molecule has 0 spiro atoms. The maximum absolute atomic E-state index is 5.17. The molecule has 0 aliphatic carbocycles.